The smallest absolute Gasteiger partial charge is 0.294 e. The lowest BCUT2D eigenvalue weighted by Crippen LogP contribution is -2.46. The standard InChI is InChI=1S/C18H22N4O4S/c1-27(24,25)19-10-12-6-4-5-9-22(12)11-15-20-16-13-7-2-3-8-14(13)26-17(16)18(23)21-15/h2-3,7-8,12,19H,4-6,9-11H2,1H3,(H,20,21,23)/t12-/m1/s1. The molecule has 1 aliphatic heterocycles. The molecule has 0 saturated carbocycles. The van der Waals surface area contributed by atoms with Gasteiger partial charge in [0.25, 0.3) is 5.56 Å². The van der Waals surface area contributed by atoms with Gasteiger partial charge in [0.15, 0.2) is 0 Å². The van der Waals surface area contributed by atoms with E-state index >= 15 is 0 Å². The lowest BCUT2D eigenvalue weighted by atomic mass is 10.0. The predicted octanol–water partition coefficient (Wildman–Crippen LogP) is 1.57. The third kappa shape index (κ3) is 3.90. The molecule has 1 saturated heterocycles. The number of sulfonamides is 1. The highest BCUT2D eigenvalue weighted by atomic mass is 32.2. The lowest BCUT2D eigenvalue weighted by Gasteiger charge is -2.35. The molecule has 0 aliphatic carbocycles. The van der Waals surface area contributed by atoms with Crippen molar-refractivity contribution in [3.8, 4) is 0 Å². The summed E-state index contributed by atoms with van der Waals surface area (Å²) in [7, 11) is -3.23. The largest absolute Gasteiger partial charge is 0.449 e. The highest BCUT2D eigenvalue weighted by molar-refractivity contribution is 7.88. The van der Waals surface area contributed by atoms with Gasteiger partial charge in [0, 0.05) is 18.0 Å². The minimum Gasteiger partial charge on any atom is -0.449 e. The molecular formula is C18H22N4O4S. The molecule has 3 aromatic rings. The van der Waals surface area contributed by atoms with Crippen LogP contribution in [0, 0.1) is 0 Å². The summed E-state index contributed by atoms with van der Waals surface area (Å²) in [5.41, 5.74) is 1.13. The van der Waals surface area contributed by atoms with Crippen LogP contribution in [0.5, 0.6) is 0 Å². The van der Waals surface area contributed by atoms with Crippen LogP contribution in [0.1, 0.15) is 25.1 Å². The van der Waals surface area contributed by atoms with Crippen LogP contribution in [0.2, 0.25) is 0 Å². The molecule has 0 spiro atoms. The molecule has 9 heteroatoms. The SMILES string of the molecule is CS(=O)(=O)NC[C@H]1CCCCN1Cc1nc2c(oc3ccccc32)c(=O)[nH]1. The summed E-state index contributed by atoms with van der Waals surface area (Å²) in [4.78, 5) is 22.1. The molecule has 8 nitrogen and oxygen atoms in total. The number of aromatic nitrogens is 2. The Bertz CT molecular complexity index is 1140. The number of para-hydroxylation sites is 1. The maximum Gasteiger partial charge on any atom is 0.294 e. The maximum absolute atomic E-state index is 12.5. The predicted molar refractivity (Wildman–Crippen MR) is 103 cm³/mol. The van der Waals surface area contributed by atoms with E-state index in [1.54, 1.807) is 0 Å². The van der Waals surface area contributed by atoms with Crippen molar-refractivity contribution in [1.29, 1.82) is 0 Å². The number of piperidine rings is 1. The fourth-order valence-electron chi connectivity index (χ4n) is 3.66. The average Bonchev–Trinajstić information content (AvgIpc) is 3.00. The number of nitrogens with zero attached hydrogens (tertiary/aromatic N) is 2. The number of fused-ring (bicyclic) bond motifs is 3. The van der Waals surface area contributed by atoms with E-state index in [0.29, 0.717) is 30.0 Å². The second-order valence-corrected chi connectivity index (χ2v) is 8.86. The fraction of sp³-hybridized carbons (Fsp3) is 0.444. The Morgan fingerprint density at radius 2 is 2.15 bits per heavy atom. The van der Waals surface area contributed by atoms with Gasteiger partial charge in [-0.05, 0) is 31.5 Å². The van der Waals surface area contributed by atoms with Crippen LogP contribution < -0.4 is 10.3 Å². The number of likely N-dealkylation sites (tertiary alicyclic amines) is 1. The van der Waals surface area contributed by atoms with Crippen LogP contribution in [-0.4, -0.2) is 48.7 Å². The molecule has 144 valence electrons. The van der Waals surface area contributed by atoms with Gasteiger partial charge in [-0.1, -0.05) is 18.6 Å². The minimum atomic E-state index is -3.23. The number of aromatic amines is 1. The van der Waals surface area contributed by atoms with E-state index in [2.05, 4.69) is 19.6 Å². The van der Waals surface area contributed by atoms with E-state index in [9.17, 15) is 13.2 Å². The van der Waals surface area contributed by atoms with Gasteiger partial charge < -0.3 is 9.40 Å². The van der Waals surface area contributed by atoms with Gasteiger partial charge in [-0.2, -0.15) is 0 Å². The second kappa shape index (κ2) is 7.06. The highest BCUT2D eigenvalue weighted by Crippen LogP contribution is 2.25. The van der Waals surface area contributed by atoms with Crippen molar-refractivity contribution in [2.75, 3.05) is 19.3 Å². The summed E-state index contributed by atoms with van der Waals surface area (Å²) in [5.74, 6) is 0.560. The van der Waals surface area contributed by atoms with Gasteiger partial charge in [0.2, 0.25) is 15.6 Å². The number of benzene rings is 1. The molecule has 0 amide bonds. The van der Waals surface area contributed by atoms with Gasteiger partial charge >= 0.3 is 0 Å². The van der Waals surface area contributed by atoms with Crippen LogP contribution in [0.3, 0.4) is 0 Å². The van der Waals surface area contributed by atoms with Crippen molar-refractivity contribution in [2.45, 2.75) is 31.8 Å². The van der Waals surface area contributed by atoms with Crippen LogP contribution in [0.15, 0.2) is 33.5 Å². The van der Waals surface area contributed by atoms with E-state index in [1.807, 2.05) is 24.3 Å². The van der Waals surface area contributed by atoms with E-state index in [-0.39, 0.29) is 17.2 Å². The first-order chi connectivity index (χ1) is 12.9. The Labute approximate surface area is 156 Å². The topological polar surface area (TPSA) is 108 Å². The van der Waals surface area contributed by atoms with Gasteiger partial charge in [0.05, 0.1) is 12.8 Å². The van der Waals surface area contributed by atoms with Crippen LogP contribution >= 0.6 is 0 Å². The van der Waals surface area contributed by atoms with E-state index < -0.39 is 10.0 Å². The minimum absolute atomic E-state index is 0.0792. The molecule has 0 radical (unpaired) electrons. The maximum atomic E-state index is 12.5. The van der Waals surface area contributed by atoms with Crippen molar-refractivity contribution in [3.63, 3.8) is 0 Å². The quantitative estimate of drug-likeness (QED) is 0.685. The summed E-state index contributed by atoms with van der Waals surface area (Å²) >= 11 is 0. The second-order valence-electron chi connectivity index (χ2n) is 7.03. The first kappa shape index (κ1) is 18.1. The number of nitrogens with one attached hydrogen (secondary N) is 2. The molecule has 1 atom stereocenters. The summed E-state index contributed by atoms with van der Waals surface area (Å²) in [6, 6.07) is 7.52. The average molecular weight is 390 g/mol. The summed E-state index contributed by atoms with van der Waals surface area (Å²) in [5, 5.41) is 0.814. The Morgan fingerprint density at radius 3 is 2.96 bits per heavy atom. The fourth-order valence-corrected chi connectivity index (χ4v) is 4.16. The van der Waals surface area contributed by atoms with E-state index in [1.165, 1.54) is 0 Å². The number of hydrogen-bond acceptors (Lipinski definition) is 6. The van der Waals surface area contributed by atoms with Gasteiger partial charge in [-0.3, -0.25) is 9.69 Å². The molecule has 0 bridgehead atoms. The first-order valence-electron chi connectivity index (χ1n) is 9.00. The monoisotopic (exact) mass is 390 g/mol. The summed E-state index contributed by atoms with van der Waals surface area (Å²) < 4.78 is 31.1. The Balaban J connectivity index is 1.63. The zero-order valence-electron chi connectivity index (χ0n) is 15.1. The van der Waals surface area contributed by atoms with Crippen LogP contribution in [0.25, 0.3) is 22.1 Å². The number of hydrogen-bond donors (Lipinski definition) is 2. The summed E-state index contributed by atoms with van der Waals surface area (Å²) in [6.07, 6.45) is 4.17. The zero-order chi connectivity index (χ0) is 19.0. The highest BCUT2D eigenvalue weighted by Gasteiger charge is 2.24. The number of rotatable bonds is 5. The molecule has 1 fully saturated rings. The first-order valence-corrected chi connectivity index (χ1v) is 10.9. The molecule has 4 rings (SSSR count). The molecule has 1 aromatic carbocycles. The van der Waals surface area contributed by atoms with Crippen molar-refractivity contribution < 1.29 is 12.8 Å². The van der Waals surface area contributed by atoms with Crippen LogP contribution in [0.4, 0.5) is 0 Å². The molecule has 27 heavy (non-hydrogen) atoms. The molecule has 3 heterocycles. The molecule has 1 aliphatic rings. The summed E-state index contributed by atoms with van der Waals surface area (Å²) in [6.45, 7) is 1.66. The third-order valence-electron chi connectivity index (χ3n) is 4.96. The molecular weight excluding hydrogens is 368 g/mol. The van der Waals surface area contributed by atoms with E-state index in [4.69, 9.17) is 4.42 Å². The number of furan rings is 1. The van der Waals surface area contributed by atoms with Gasteiger partial charge in [0.1, 0.15) is 16.9 Å². The number of H-pyrrole nitrogens is 1. The Morgan fingerprint density at radius 1 is 1.33 bits per heavy atom. The zero-order valence-corrected chi connectivity index (χ0v) is 15.9. The lowest BCUT2D eigenvalue weighted by molar-refractivity contribution is 0.138. The third-order valence-corrected chi connectivity index (χ3v) is 5.65. The van der Waals surface area contributed by atoms with Crippen molar-refractivity contribution in [1.82, 2.24) is 19.6 Å². The van der Waals surface area contributed by atoms with Crippen molar-refractivity contribution in [3.05, 3.63) is 40.4 Å². The van der Waals surface area contributed by atoms with Crippen LogP contribution in [-0.2, 0) is 16.6 Å². The normalized spacial score (nSPS) is 19.1. The molecule has 0 unspecified atom stereocenters. The van der Waals surface area contributed by atoms with Crippen molar-refractivity contribution >= 4 is 32.1 Å². The Kier molecular flexibility index (Phi) is 4.75. The molecule has 2 N–H and O–H groups in total. The van der Waals surface area contributed by atoms with Crippen molar-refractivity contribution in [2.24, 2.45) is 0 Å². The Hall–Kier alpha value is -2.23. The van der Waals surface area contributed by atoms with Gasteiger partial charge in [-0.15, -0.1) is 0 Å². The van der Waals surface area contributed by atoms with Gasteiger partial charge in [-0.25, -0.2) is 18.1 Å². The molecule has 2 aromatic heterocycles. The van der Waals surface area contributed by atoms with E-state index in [0.717, 1.165) is 37.4 Å².